The molecule has 0 saturated carbocycles. The number of hydrogen-bond acceptors (Lipinski definition) is 3. The molecule has 1 heterocycles. The van der Waals surface area contributed by atoms with Crippen LogP contribution in [0.15, 0.2) is 59.7 Å². The van der Waals surface area contributed by atoms with Crippen molar-refractivity contribution in [1.82, 2.24) is 4.98 Å². The number of nitrogens with one attached hydrogen (secondary N) is 1. The summed E-state index contributed by atoms with van der Waals surface area (Å²) in [7, 11) is 0. The Morgan fingerprint density at radius 3 is 2.76 bits per heavy atom. The average Bonchev–Trinajstić information content (AvgIpc) is 2.50. The second-order valence-corrected chi connectivity index (χ2v) is 4.80. The van der Waals surface area contributed by atoms with Crippen LogP contribution in [0, 0.1) is 5.82 Å². The van der Waals surface area contributed by atoms with Crippen LogP contribution in [0.1, 0.15) is 5.56 Å². The van der Waals surface area contributed by atoms with Gasteiger partial charge in [0, 0.05) is 10.9 Å². The molecule has 0 fully saturated rings. The molecule has 1 aromatic heterocycles. The van der Waals surface area contributed by atoms with E-state index in [9.17, 15) is 4.39 Å². The van der Waals surface area contributed by atoms with Crippen molar-refractivity contribution in [1.29, 1.82) is 0 Å². The number of halogens is 2. The van der Waals surface area contributed by atoms with E-state index in [4.69, 9.17) is 11.6 Å². The smallest absolute Gasteiger partial charge is 0.146 e. The molecule has 3 rings (SSSR count). The van der Waals surface area contributed by atoms with Crippen molar-refractivity contribution < 1.29 is 4.39 Å². The summed E-state index contributed by atoms with van der Waals surface area (Å²) in [5.74, 6) is 0.164. The number of rotatable bonds is 3. The van der Waals surface area contributed by atoms with E-state index in [1.54, 1.807) is 12.1 Å². The predicted octanol–water partition coefficient (Wildman–Crippen LogP) is 4.47. The van der Waals surface area contributed by atoms with Crippen molar-refractivity contribution in [3.8, 4) is 0 Å². The molecule has 0 bridgehead atoms. The fourth-order valence-corrected chi connectivity index (χ4v) is 2.14. The minimum Gasteiger partial charge on any atom is -0.261 e. The molecule has 0 atom stereocenters. The minimum atomic E-state index is -0.417. The van der Waals surface area contributed by atoms with Crippen molar-refractivity contribution in [2.24, 2.45) is 5.10 Å². The zero-order valence-corrected chi connectivity index (χ0v) is 11.7. The van der Waals surface area contributed by atoms with E-state index in [1.165, 1.54) is 12.3 Å². The fourth-order valence-electron chi connectivity index (χ4n) is 1.93. The van der Waals surface area contributed by atoms with Gasteiger partial charge in [-0.3, -0.25) is 5.43 Å². The van der Waals surface area contributed by atoms with E-state index in [0.29, 0.717) is 10.8 Å². The molecule has 3 nitrogen and oxygen atoms in total. The van der Waals surface area contributed by atoms with Crippen LogP contribution >= 0.6 is 11.6 Å². The Labute approximate surface area is 126 Å². The molecule has 2 aromatic carbocycles. The highest BCUT2D eigenvalue weighted by molar-refractivity contribution is 6.33. The van der Waals surface area contributed by atoms with E-state index >= 15 is 0 Å². The summed E-state index contributed by atoms with van der Waals surface area (Å²) >= 11 is 5.91. The second-order valence-electron chi connectivity index (χ2n) is 4.39. The van der Waals surface area contributed by atoms with Crippen molar-refractivity contribution in [3.63, 3.8) is 0 Å². The maximum absolute atomic E-state index is 13.6. The number of hydrogen-bond donors (Lipinski definition) is 1. The molecule has 0 aliphatic rings. The third-order valence-electron chi connectivity index (χ3n) is 2.97. The van der Waals surface area contributed by atoms with Crippen LogP contribution in [0.25, 0.3) is 10.9 Å². The first-order chi connectivity index (χ1) is 10.2. The van der Waals surface area contributed by atoms with Crippen molar-refractivity contribution >= 4 is 34.5 Å². The lowest BCUT2D eigenvalue weighted by molar-refractivity contribution is 0.626. The van der Waals surface area contributed by atoms with Crippen LogP contribution in [0.5, 0.6) is 0 Å². The quantitative estimate of drug-likeness (QED) is 0.572. The summed E-state index contributed by atoms with van der Waals surface area (Å²) in [5.41, 5.74) is 3.88. The molecule has 1 N–H and O–H groups in total. The normalized spacial score (nSPS) is 11.1. The monoisotopic (exact) mass is 299 g/mol. The Morgan fingerprint density at radius 1 is 1.05 bits per heavy atom. The van der Waals surface area contributed by atoms with Gasteiger partial charge >= 0.3 is 0 Å². The van der Waals surface area contributed by atoms with Gasteiger partial charge in [-0.25, -0.2) is 9.37 Å². The first-order valence-corrected chi connectivity index (χ1v) is 6.71. The summed E-state index contributed by atoms with van der Waals surface area (Å²) in [6.45, 7) is 0. The van der Waals surface area contributed by atoms with Gasteiger partial charge in [0.2, 0.25) is 0 Å². The summed E-state index contributed by atoms with van der Waals surface area (Å²) in [5, 5.41) is 5.34. The SMILES string of the molecule is Fc1cccc(Cl)c1/C=N\Nc1ccc2ccccc2n1. The number of hydrazone groups is 1. The van der Waals surface area contributed by atoms with Gasteiger partial charge in [-0.05, 0) is 30.3 Å². The molecule has 5 heteroatoms. The van der Waals surface area contributed by atoms with E-state index in [1.807, 2.05) is 36.4 Å². The molecule has 104 valence electrons. The Bertz CT molecular complexity index is 797. The van der Waals surface area contributed by atoms with Gasteiger partial charge in [0.1, 0.15) is 11.6 Å². The Hall–Kier alpha value is -2.46. The summed E-state index contributed by atoms with van der Waals surface area (Å²) in [4.78, 5) is 4.40. The molecule has 0 aliphatic heterocycles. The largest absolute Gasteiger partial charge is 0.261 e. The summed E-state index contributed by atoms with van der Waals surface area (Å²) in [6.07, 6.45) is 1.34. The van der Waals surface area contributed by atoms with E-state index in [2.05, 4.69) is 15.5 Å². The summed E-state index contributed by atoms with van der Waals surface area (Å²) in [6, 6.07) is 16.0. The molecule has 0 radical (unpaired) electrons. The third-order valence-corrected chi connectivity index (χ3v) is 3.30. The maximum atomic E-state index is 13.6. The molecule has 21 heavy (non-hydrogen) atoms. The molecule has 0 amide bonds. The highest BCUT2D eigenvalue weighted by atomic mass is 35.5. The van der Waals surface area contributed by atoms with Gasteiger partial charge in [0.05, 0.1) is 16.8 Å². The van der Waals surface area contributed by atoms with Crippen LogP contribution in [0.2, 0.25) is 5.02 Å². The lowest BCUT2D eigenvalue weighted by Gasteiger charge is -2.02. The van der Waals surface area contributed by atoms with Gasteiger partial charge in [0.15, 0.2) is 0 Å². The van der Waals surface area contributed by atoms with E-state index < -0.39 is 5.82 Å². The maximum Gasteiger partial charge on any atom is 0.146 e. The number of pyridine rings is 1. The Kier molecular flexibility index (Phi) is 3.79. The van der Waals surface area contributed by atoms with Crippen LogP contribution in [0.3, 0.4) is 0 Å². The molecular weight excluding hydrogens is 289 g/mol. The topological polar surface area (TPSA) is 37.3 Å². The number of aromatic nitrogens is 1. The van der Waals surface area contributed by atoms with Crippen LogP contribution < -0.4 is 5.43 Å². The number of fused-ring (bicyclic) bond motifs is 1. The number of benzene rings is 2. The number of para-hydroxylation sites is 1. The van der Waals surface area contributed by atoms with E-state index in [-0.39, 0.29) is 5.56 Å². The van der Waals surface area contributed by atoms with Gasteiger partial charge in [0.25, 0.3) is 0 Å². The fraction of sp³-hybridized carbons (Fsp3) is 0. The third kappa shape index (κ3) is 3.01. The van der Waals surface area contributed by atoms with Crippen molar-refractivity contribution in [2.75, 3.05) is 5.43 Å². The predicted molar refractivity (Wildman–Crippen MR) is 84.4 cm³/mol. The standard InChI is InChI=1S/C16H11ClFN3/c17-13-5-3-6-14(18)12(13)10-19-21-16-9-8-11-4-1-2-7-15(11)20-16/h1-10H,(H,20,21)/b19-10-. The highest BCUT2D eigenvalue weighted by Crippen LogP contribution is 2.17. The molecular formula is C16H11ClFN3. The minimum absolute atomic E-state index is 0.243. The average molecular weight is 300 g/mol. The zero-order valence-electron chi connectivity index (χ0n) is 10.9. The molecule has 0 saturated heterocycles. The van der Waals surface area contributed by atoms with Gasteiger partial charge in [-0.15, -0.1) is 0 Å². The van der Waals surface area contributed by atoms with Crippen LogP contribution in [-0.4, -0.2) is 11.2 Å². The lowest BCUT2D eigenvalue weighted by Crippen LogP contribution is -1.96. The highest BCUT2D eigenvalue weighted by Gasteiger charge is 2.03. The van der Waals surface area contributed by atoms with E-state index in [0.717, 1.165) is 10.9 Å². The Balaban J connectivity index is 1.81. The number of anilines is 1. The second kappa shape index (κ2) is 5.89. The van der Waals surface area contributed by atoms with Gasteiger partial charge < -0.3 is 0 Å². The van der Waals surface area contributed by atoms with Gasteiger partial charge in [-0.1, -0.05) is 35.9 Å². The first-order valence-electron chi connectivity index (χ1n) is 6.33. The van der Waals surface area contributed by atoms with Crippen LogP contribution in [0.4, 0.5) is 10.2 Å². The molecule has 0 aliphatic carbocycles. The zero-order chi connectivity index (χ0) is 14.7. The summed E-state index contributed by atoms with van der Waals surface area (Å²) < 4.78 is 13.6. The van der Waals surface area contributed by atoms with Crippen molar-refractivity contribution in [3.05, 3.63) is 71.0 Å². The molecule has 3 aromatic rings. The lowest BCUT2D eigenvalue weighted by atomic mass is 10.2. The molecule has 0 unspecified atom stereocenters. The van der Waals surface area contributed by atoms with Crippen LogP contribution in [-0.2, 0) is 0 Å². The van der Waals surface area contributed by atoms with Gasteiger partial charge in [-0.2, -0.15) is 5.10 Å². The first kappa shape index (κ1) is 13.5. The van der Waals surface area contributed by atoms with Crippen molar-refractivity contribution in [2.45, 2.75) is 0 Å². The number of nitrogens with zero attached hydrogens (tertiary/aromatic N) is 2. The molecule has 0 spiro atoms. The Morgan fingerprint density at radius 2 is 1.90 bits per heavy atom.